The van der Waals surface area contributed by atoms with Crippen molar-refractivity contribution in [3.63, 3.8) is 0 Å². The molecule has 0 fully saturated rings. The molecule has 31 heavy (non-hydrogen) atoms. The van der Waals surface area contributed by atoms with Gasteiger partial charge in [0.1, 0.15) is 5.82 Å². The van der Waals surface area contributed by atoms with Crippen molar-refractivity contribution in [2.75, 3.05) is 7.05 Å². The van der Waals surface area contributed by atoms with Crippen LogP contribution >= 0.6 is 0 Å². The Hall–Kier alpha value is -3.88. The molecule has 0 N–H and O–H groups in total. The van der Waals surface area contributed by atoms with Crippen LogP contribution in [-0.2, 0) is 6.42 Å². The molecule has 0 saturated heterocycles. The zero-order chi connectivity index (χ0) is 22.0. The van der Waals surface area contributed by atoms with Crippen molar-refractivity contribution in [3.8, 4) is 17.1 Å². The van der Waals surface area contributed by atoms with Crippen molar-refractivity contribution in [3.05, 3.63) is 77.6 Å². The van der Waals surface area contributed by atoms with E-state index in [4.69, 9.17) is 4.52 Å². The summed E-state index contributed by atoms with van der Waals surface area (Å²) in [7, 11) is 1.73. The number of amides is 1. The number of hydrogen-bond acceptors (Lipinski definition) is 6. The van der Waals surface area contributed by atoms with Crippen molar-refractivity contribution in [2.24, 2.45) is 0 Å². The number of hydrogen-bond donors (Lipinski definition) is 0. The lowest BCUT2D eigenvalue weighted by atomic mass is 10.1. The number of rotatable bonds is 6. The Morgan fingerprint density at radius 3 is 2.58 bits per heavy atom. The molecule has 2 aromatic heterocycles. The van der Waals surface area contributed by atoms with Crippen LogP contribution in [0.2, 0.25) is 0 Å². The third-order valence-corrected chi connectivity index (χ3v) is 5.04. The average molecular weight is 420 g/mol. The molecule has 2 aromatic carbocycles. The predicted molar refractivity (Wildman–Crippen MR) is 111 cm³/mol. The smallest absolute Gasteiger partial charge is 0.257 e. The van der Waals surface area contributed by atoms with E-state index in [0.29, 0.717) is 35.0 Å². The second kappa shape index (κ2) is 8.47. The summed E-state index contributed by atoms with van der Waals surface area (Å²) in [5, 5.41) is 12.3. The molecule has 2 heterocycles. The largest absolute Gasteiger partial charge is 0.338 e. The van der Waals surface area contributed by atoms with Gasteiger partial charge in [0.25, 0.3) is 11.8 Å². The van der Waals surface area contributed by atoms with E-state index in [1.54, 1.807) is 36.5 Å². The first-order valence-corrected chi connectivity index (χ1v) is 9.75. The van der Waals surface area contributed by atoms with E-state index < -0.39 is 0 Å². The van der Waals surface area contributed by atoms with Crippen LogP contribution in [0.15, 0.2) is 59.4 Å². The highest BCUT2D eigenvalue weighted by Crippen LogP contribution is 2.20. The Bertz CT molecular complexity index is 1190. The molecule has 8 nitrogen and oxygen atoms in total. The van der Waals surface area contributed by atoms with Gasteiger partial charge in [-0.05, 0) is 50.2 Å². The number of aromatic nitrogens is 5. The van der Waals surface area contributed by atoms with Crippen molar-refractivity contribution in [1.82, 2.24) is 30.0 Å². The molecule has 4 aromatic rings. The topological polar surface area (TPSA) is 89.9 Å². The minimum absolute atomic E-state index is 0.161. The van der Waals surface area contributed by atoms with Gasteiger partial charge in [-0.3, -0.25) is 4.79 Å². The molecule has 0 radical (unpaired) electrons. The molecule has 158 valence electrons. The molecule has 4 rings (SSSR count). The first kappa shape index (κ1) is 20.4. The van der Waals surface area contributed by atoms with Crippen LogP contribution in [0, 0.1) is 12.7 Å². The minimum Gasteiger partial charge on any atom is -0.338 e. The maximum Gasteiger partial charge on any atom is 0.257 e. The molecule has 0 aliphatic heterocycles. The fourth-order valence-electron chi connectivity index (χ4n) is 3.17. The number of benzene rings is 2. The van der Waals surface area contributed by atoms with Crippen LogP contribution in [0.5, 0.6) is 0 Å². The Morgan fingerprint density at radius 2 is 1.87 bits per heavy atom. The molecule has 0 aliphatic carbocycles. The highest BCUT2D eigenvalue weighted by atomic mass is 19.1. The summed E-state index contributed by atoms with van der Waals surface area (Å²) in [5.41, 5.74) is 2.71. The number of carbonyl (C=O) groups is 1. The Kier molecular flexibility index (Phi) is 5.57. The SMILES string of the molecule is Cc1ccc(-n2nccn2)c(C(=O)N(C)[C@@H](C)Cc2noc(-c3ccc(F)cc3)n2)c1. The lowest BCUT2D eigenvalue weighted by Crippen LogP contribution is -2.37. The first-order valence-electron chi connectivity index (χ1n) is 9.75. The Morgan fingerprint density at radius 1 is 1.16 bits per heavy atom. The van der Waals surface area contributed by atoms with E-state index >= 15 is 0 Å². The van der Waals surface area contributed by atoms with Gasteiger partial charge < -0.3 is 9.42 Å². The molecular formula is C22H21FN6O2. The third-order valence-electron chi connectivity index (χ3n) is 5.04. The maximum absolute atomic E-state index is 13.3. The van der Waals surface area contributed by atoms with Crippen molar-refractivity contribution in [1.29, 1.82) is 0 Å². The summed E-state index contributed by atoms with van der Waals surface area (Å²) in [6, 6.07) is 11.2. The van der Waals surface area contributed by atoms with Crippen LogP contribution in [-0.4, -0.2) is 49.0 Å². The molecule has 9 heteroatoms. The van der Waals surface area contributed by atoms with Gasteiger partial charge in [0.2, 0.25) is 0 Å². The average Bonchev–Trinajstić information content (AvgIpc) is 3.45. The van der Waals surface area contributed by atoms with Gasteiger partial charge in [0.05, 0.1) is 23.6 Å². The van der Waals surface area contributed by atoms with Gasteiger partial charge in [-0.15, -0.1) is 0 Å². The normalized spacial score (nSPS) is 12.0. The standard InChI is InChI=1S/C22H21FN6O2/c1-14-4-9-19(29-24-10-11-25-29)18(12-14)22(30)28(3)15(2)13-20-26-21(31-27-20)16-5-7-17(23)8-6-16/h4-12,15H,13H2,1-3H3/t15-/m0/s1. The number of nitrogens with zero attached hydrogens (tertiary/aromatic N) is 6. The van der Waals surface area contributed by atoms with E-state index in [1.165, 1.54) is 16.9 Å². The Labute approximate surface area is 178 Å². The number of carbonyl (C=O) groups excluding carboxylic acids is 1. The second-order valence-corrected chi connectivity index (χ2v) is 7.33. The molecule has 0 bridgehead atoms. The molecule has 1 amide bonds. The van der Waals surface area contributed by atoms with E-state index in [9.17, 15) is 9.18 Å². The number of halogens is 1. The van der Waals surface area contributed by atoms with Gasteiger partial charge in [0, 0.05) is 25.1 Å². The highest BCUT2D eigenvalue weighted by molar-refractivity contribution is 5.98. The van der Waals surface area contributed by atoms with E-state index in [-0.39, 0.29) is 17.8 Å². The Balaban J connectivity index is 1.51. The van der Waals surface area contributed by atoms with Crippen LogP contribution in [0.25, 0.3) is 17.1 Å². The van der Waals surface area contributed by atoms with Gasteiger partial charge in [-0.2, -0.15) is 20.0 Å². The zero-order valence-electron chi connectivity index (χ0n) is 17.4. The quantitative estimate of drug-likeness (QED) is 0.474. The monoisotopic (exact) mass is 420 g/mol. The highest BCUT2D eigenvalue weighted by Gasteiger charge is 2.23. The van der Waals surface area contributed by atoms with Gasteiger partial charge in [-0.25, -0.2) is 4.39 Å². The molecule has 0 saturated carbocycles. The summed E-state index contributed by atoms with van der Waals surface area (Å²) in [5.74, 6) is 0.274. The van der Waals surface area contributed by atoms with Crippen molar-refractivity contribution in [2.45, 2.75) is 26.3 Å². The number of aryl methyl sites for hydroxylation is 1. The van der Waals surface area contributed by atoms with Crippen LogP contribution in [0.4, 0.5) is 4.39 Å². The first-order chi connectivity index (χ1) is 14.9. The van der Waals surface area contributed by atoms with Crippen LogP contribution in [0.1, 0.15) is 28.7 Å². The van der Waals surface area contributed by atoms with Crippen molar-refractivity contribution < 1.29 is 13.7 Å². The van der Waals surface area contributed by atoms with E-state index in [2.05, 4.69) is 20.3 Å². The van der Waals surface area contributed by atoms with Crippen LogP contribution < -0.4 is 0 Å². The summed E-state index contributed by atoms with van der Waals surface area (Å²) in [6.45, 7) is 3.84. The minimum atomic E-state index is -0.335. The molecular weight excluding hydrogens is 399 g/mol. The van der Waals surface area contributed by atoms with Gasteiger partial charge in [-0.1, -0.05) is 16.8 Å². The van der Waals surface area contributed by atoms with Crippen LogP contribution in [0.3, 0.4) is 0 Å². The molecule has 0 unspecified atom stereocenters. The summed E-state index contributed by atoms with van der Waals surface area (Å²) < 4.78 is 18.4. The zero-order valence-corrected chi connectivity index (χ0v) is 17.4. The second-order valence-electron chi connectivity index (χ2n) is 7.33. The van der Waals surface area contributed by atoms with Crippen molar-refractivity contribution >= 4 is 5.91 Å². The predicted octanol–water partition coefficient (Wildman–Crippen LogP) is 3.47. The van der Waals surface area contributed by atoms with E-state index in [0.717, 1.165) is 5.56 Å². The lowest BCUT2D eigenvalue weighted by molar-refractivity contribution is 0.0741. The molecule has 1 atom stereocenters. The van der Waals surface area contributed by atoms with Gasteiger partial charge >= 0.3 is 0 Å². The van der Waals surface area contributed by atoms with E-state index in [1.807, 2.05) is 32.0 Å². The maximum atomic E-state index is 13.3. The molecule has 0 aliphatic rings. The summed E-state index contributed by atoms with van der Waals surface area (Å²) in [6.07, 6.45) is 3.53. The number of likely N-dealkylation sites (N-methyl/N-ethyl adjacent to an activating group) is 1. The molecule has 0 spiro atoms. The third kappa shape index (κ3) is 4.35. The summed E-state index contributed by atoms with van der Waals surface area (Å²) >= 11 is 0. The van der Waals surface area contributed by atoms with Gasteiger partial charge in [0.15, 0.2) is 5.82 Å². The summed E-state index contributed by atoms with van der Waals surface area (Å²) in [4.78, 5) is 20.7. The fraction of sp³-hybridized carbons (Fsp3) is 0.227. The fourth-order valence-corrected chi connectivity index (χ4v) is 3.17. The lowest BCUT2D eigenvalue weighted by Gasteiger charge is -2.25.